The molecule has 0 aliphatic carbocycles. The Hall–Kier alpha value is -2.14. The third-order valence-electron chi connectivity index (χ3n) is 4.97. The van der Waals surface area contributed by atoms with E-state index in [0.717, 1.165) is 22.5 Å². The van der Waals surface area contributed by atoms with E-state index >= 15 is 0 Å². The molecule has 0 bridgehead atoms. The topological polar surface area (TPSA) is 90.0 Å². The van der Waals surface area contributed by atoms with Crippen molar-refractivity contribution in [1.29, 1.82) is 0 Å². The van der Waals surface area contributed by atoms with E-state index in [1.165, 1.54) is 0 Å². The first-order chi connectivity index (χ1) is 13.5. The van der Waals surface area contributed by atoms with Crippen molar-refractivity contribution < 1.29 is 40.7 Å². The summed E-state index contributed by atoms with van der Waals surface area (Å²) in [6, 6.07) is 3.55. The molecule has 0 amide bonds. The Kier molecular flexibility index (Phi) is 5.91. The van der Waals surface area contributed by atoms with Crippen molar-refractivity contribution in [2.45, 2.75) is 49.5 Å². The highest BCUT2D eigenvalue weighted by molar-refractivity contribution is 7.89. The number of benzene rings is 1. The van der Waals surface area contributed by atoms with Gasteiger partial charge in [-0.25, -0.2) is 13.2 Å². The van der Waals surface area contributed by atoms with E-state index in [-0.39, 0.29) is 38.5 Å². The molecule has 3 rings (SSSR count). The van der Waals surface area contributed by atoms with Gasteiger partial charge in [-0.3, -0.25) is 4.79 Å². The smallest absolute Gasteiger partial charge is 0.416 e. The Morgan fingerprint density at radius 3 is 2.45 bits per heavy atom. The average molecular weight is 435 g/mol. The van der Waals surface area contributed by atoms with E-state index in [2.05, 4.69) is 0 Å². The summed E-state index contributed by atoms with van der Waals surface area (Å²) in [6.45, 7) is 1.61. The van der Waals surface area contributed by atoms with Crippen molar-refractivity contribution in [3.05, 3.63) is 29.8 Å². The van der Waals surface area contributed by atoms with Crippen LogP contribution in [-0.2, 0) is 35.3 Å². The molecule has 2 fully saturated rings. The normalized spacial score (nSPS) is 24.3. The zero-order valence-electron chi connectivity index (χ0n) is 15.5. The number of alkyl halides is 3. The van der Waals surface area contributed by atoms with Crippen LogP contribution < -0.4 is 0 Å². The van der Waals surface area contributed by atoms with Crippen LogP contribution in [0.2, 0.25) is 0 Å². The summed E-state index contributed by atoms with van der Waals surface area (Å²) in [7, 11) is -4.13. The summed E-state index contributed by atoms with van der Waals surface area (Å²) < 4.78 is 75.1. The standard InChI is InChI=1S/C18H20F3NO6S/c1-11-9-15(17(24)27-11)28-16(23)12-5-7-22(8-6-12)29(25,26)14-4-2-3-13(10-14)18(19,20)21/h2-4,10-12,15H,5-9H2,1H3/t11-,15-/m1/s1. The summed E-state index contributed by atoms with van der Waals surface area (Å²) in [5.74, 6) is -1.79. The van der Waals surface area contributed by atoms with Crippen molar-refractivity contribution in [2.24, 2.45) is 5.92 Å². The second-order valence-corrected chi connectivity index (χ2v) is 9.05. The lowest BCUT2D eigenvalue weighted by atomic mass is 9.98. The summed E-state index contributed by atoms with van der Waals surface area (Å²) in [5.41, 5.74) is -1.05. The maximum Gasteiger partial charge on any atom is 0.416 e. The van der Waals surface area contributed by atoms with Crippen LogP contribution in [0.15, 0.2) is 29.2 Å². The SMILES string of the molecule is C[C@@H]1C[C@@H](OC(=O)C2CCN(S(=O)(=O)c3cccc(C(F)(F)F)c3)CC2)C(=O)O1. The van der Waals surface area contributed by atoms with Crippen LogP contribution in [0.3, 0.4) is 0 Å². The lowest BCUT2D eigenvalue weighted by molar-refractivity contribution is -0.164. The minimum Gasteiger partial charge on any atom is -0.460 e. The summed E-state index contributed by atoms with van der Waals surface area (Å²) in [6.07, 6.45) is -5.37. The number of hydrogen-bond acceptors (Lipinski definition) is 6. The van der Waals surface area contributed by atoms with E-state index < -0.39 is 50.6 Å². The fourth-order valence-corrected chi connectivity index (χ4v) is 4.88. The highest BCUT2D eigenvalue weighted by Crippen LogP contribution is 2.32. The van der Waals surface area contributed by atoms with Gasteiger partial charge in [-0.1, -0.05) is 6.07 Å². The fourth-order valence-electron chi connectivity index (χ4n) is 3.37. The number of carbonyl (C=O) groups excluding carboxylic acids is 2. The molecule has 2 atom stereocenters. The number of piperidine rings is 1. The van der Waals surface area contributed by atoms with E-state index in [1.807, 2.05) is 0 Å². The second kappa shape index (κ2) is 7.94. The summed E-state index contributed by atoms with van der Waals surface area (Å²) in [4.78, 5) is 23.4. The van der Waals surface area contributed by atoms with E-state index in [4.69, 9.17) is 9.47 Å². The number of halogens is 3. The molecule has 0 aromatic heterocycles. The fraction of sp³-hybridized carbons (Fsp3) is 0.556. The van der Waals surface area contributed by atoms with E-state index in [1.54, 1.807) is 6.92 Å². The largest absolute Gasteiger partial charge is 0.460 e. The maximum atomic E-state index is 12.9. The van der Waals surface area contributed by atoms with Gasteiger partial charge in [0.05, 0.1) is 16.4 Å². The number of esters is 2. The lowest BCUT2D eigenvalue weighted by Crippen LogP contribution is -2.41. The van der Waals surface area contributed by atoms with Crippen LogP contribution in [0.1, 0.15) is 31.7 Å². The summed E-state index contributed by atoms with van der Waals surface area (Å²) in [5, 5.41) is 0. The molecule has 11 heteroatoms. The number of rotatable bonds is 4. The molecule has 0 spiro atoms. The van der Waals surface area contributed by atoms with Gasteiger partial charge in [0.15, 0.2) is 0 Å². The van der Waals surface area contributed by atoms with Crippen LogP contribution in [0.5, 0.6) is 0 Å². The van der Waals surface area contributed by atoms with Crippen LogP contribution in [0.25, 0.3) is 0 Å². The Balaban J connectivity index is 1.63. The highest BCUT2D eigenvalue weighted by atomic mass is 32.2. The molecular formula is C18H20F3NO6S. The minimum absolute atomic E-state index is 0.0378. The Morgan fingerprint density at radius 2 is 1.90 bits per heavy atom. The van der Waals surface area contributed by atoms with E-state index in [9.17, 15) is 31.2 Å². The molecule has 1 aromatic carbocycles. The maximum absolute atomic E-state index is 12.9. The zero-order chi connectivity index (χ0) is 21.4. The van der Waals surface area contributed by atoms with Gasteiger partial charge in [0, 0.05) is 19.5 Å². The molecule has 2 heterocycles. The number of cyclic esters (lactones) is 1. The molecule has 160 valence electrons. The number of sulfonamides is 1. The number of ether oxygens (including phenoxy) is 2. The molecule has 7 nitrogen and oxygen atoms in total. The molecule has 2 aliphatic heterocycles. The number of carbonyl (C=O) groups is 2. The first kappa shape index (κ1) is 21.6. The number of nitrogens with zero attached hydrogens (tertiary/aromatic N) is 1. The Bertz CT molecular complexity index is 893. The third-order valence-corrected chi connectivity index (χ3v) is 6.87. The predicted molar refractivity (Wildman–Crippen MR) is 93.0 cm³/mol. The molecule has 0 N–H and O–H groups in total. The summed E-state index contributed by atoms with van der Waals surface area (Å²) >= 11 is 0. The molecule has 29 heavy (non-hydrogen) atoms. The van der Waals surface area contributed by atoms with E-state index in [0.29, 0.717) is 6.07 Å². The van der Waals surface area contributed by atoms with Crippen molar-refractivity contribution in [3.63, 3.8) is 0 Å². The van der Waals surface area contributed by atoms with Crippen molar-refractivity contribution >= 4 is 22.0 Å². The molecule has 1 aromatic rings. The molecule has 0 saturated carbocycles. The molecule has 2 aliphatic rings. The lowest BCUT2D eigenvalue weighted by Gasteiger charge is -2.30. The highest BCUT2D eigenvalue weighted by Gasteiger charge is 2.39. The third kappa shape index (κ3) is 4.72. The molecule has 0 unspecified atom stereocenters. The quantitative estimate of drug-likeness (QED) is 0.675. The van der Waals surface area contributed by atoms with Crippen LogP contribution in [0, 0.1) is 5.92 Å². The van der Waals surface area contributed by atoms with Gasteiger partial charge in [-0.05, 0) is 38.0 Å². The monoisotopic (exact) mass is 435 g/mol. The number of hydrogen-bond donors (Lipinski definition) is 0. The average Bonchev–Trinajstić information content (AvgIpc) is 2.98. The van der Waals surface area contributed by atoms with Gasteiger partial charge >= 0.3 is 18.1 Å². The zero-order valence-corrected chi connectivity index (χ0v) is 16.3. The van der Waals surface area contributed by atoms with Gasteiger partial charge in [0.1, 0.15) is 6.10 Å². The second-order valence-electron chi connectivity index (χ2n) is 7.11. The van der Waals surface area contributed by atoms with Crippen LogP contribution in [-0.4, -0.2) is 50.0 Å². The van der Waals surface area contributed by atoms with Gasteiger partial charge in [0.25, 0.3) is 0 Å². The van der Waals surface area contributed by atoms with Crippen molar-refractivity contribution in [2.75, 3.05) is 13.1 Å². The van der Waals surface area contributed by atoms with Gasteiger partial charge in [-0.2, -0.15) is 17.5 Å². The Labute approximate surface area is 165 Å². The van der Waals surface area contributed by atoms with Crippen LogP contribution in [0.4, 0.5) is 13.2 Å². The molecule has 2 saturated heterocycles. The molecule has 0 radical (unpaired) electrons. The van der Waals surface area contributed by atoms with Crippen molar-refractivity contribution in [3.8, 4) is 0 Å². The predicted octanol–water partition coefficient (Wildman–Crippen LogP) is 2.35. The van der Waals surface area contributed by atoms with Gasteiger partial charge < -0.3 is 9.47 Å². The van der Waals surface area contributed by atoms with Crippen molar-refractivity contribution in [1.82, 2.24) is 4.31 Å². The van der Waals surface area contributed by atoms with Gasteiger partial charge in [0.2, 0.25) is 16.1 Å². The minimum atomic E-state index is -4.65. The molecular weight excluding hydrogens is 415 g/mol. The van der Waals surface area contributed by atoms with Gasteiger partial charge in [-0.15, -0.1) is 0 Å². The van der Waals surface area contributed by atoms with Crippen LogP contribution >= 0.6 is 0 Å². The first-order valence-electron chi connectivity index (χ1n) is 9.07. The Morgan fingerprint density at radius 1 is 1.24 bits per heavy atom. The first-order valence-corrected chi connectivity index (χ1v) is 10.5.